The van der Waals surface area contributed by atoms with Crippen LogP contribution < -0.4 is 20.7 Å². The van der Waals surface area contributed by atoms with Crippen molar-refractivity contribution in [2.45, 2.75) is 40.7 Å². The highest BCUT2D eigenvalue weighted by molar-refractivity contribution is 5.84. The number of hydrogen-bond acceptors (Lipinski definition) is 3. The molecule has 140 valence electrons. The van der Waals surface area contributed by atoms with Crippen LogP contribution in [0.25, 0.3) is 0 Å². The fourth-order valence-corrected chi connectivity index (χ4v) is 2.21. The molecule has 1 aromatic rings. The normalized spacial score (nSPS) is 13.1. The van der Waals surface area contributed by atoms with Gasteiger partial charge >= 0.3 is 0 Å². The molecule has 1 unspecified atom stereocenters. The molecular weight excluding hydrogens is 316 g/mol. The Hall–Kier alpha value is -2.24. The molecule has 1 rings (SSSR count). The Morgan fingerprint density at radius 3 is 2.60 bits per heavy atom. The molecule has 0 aliphatic heterocycles. The first-order valence-electron chi connectivity index (χ1n) is 8.74. The van der Waals surface area contributed by atoms with Gasteiger partial charge in [0.1, 0.15) is 11.9 Å². The highest BCUT2D eigenvalue weighted by Gasteiger charge is 2.27. The maximum atomic E-state index is 12.0. The van der Waals surface area contributed by atoms with E-state index in [0.29, 0.717) is 25.6 Å². The number of guanidine groups is 1. The van der Waals surface area contributed by atoms with Gasteiger partial charge in [0.2, 0.25) is 5.91 Å². The standard InChI is InChI=1S/C19H32N4O2/c1-7-21-17(24)19(4,5)13-23-18(20-6)22-12-15(3)25-16-10-8-9-14(2)11-16/h8-11,15H,7,12-13H2,1-6H3,(H,21,24)(H2,20,22,23). The van der Waals surface area contributed by atoms with Crippen LogP contribution in [0.5, 0.6) is 5.75 Å². The highest BCUT2D eigenvalue weighted by atomic mass is 16.5. The van der Waals surface area contributed by atoms with Gasteiger partial charge in [-0.25, -0.2) is 0 Å². The van der Waals surface area contributed by atoms with E-state index in [0.717, 1.165) is 5.75 Å². The molecule has 0 saturated heterocycles. The Kier molecular flexibility index (Phi) is 8.25. The average molecular weight is 348 g/mol. The molecule has 0 heterocycles. The van der Waals surface area contributed by atoms with Crippen molar-refractivity contribution in [3.63, 3.8) is 0 Å². The Labute approximate surface area is 151 Å². The van der Waals surface area contributed by atoms with Gasteiger partial charge in [-0.05, 0) is 52.3 Å². The van der Waals surface area contributed by atoms with Gasteiger partial charge in [-0.15, -0.1) is 0 Å². The van der Waals surface area contributed by atoms with Gasteiger partial charge in [-0.3, -0.25) is 9.79 Å². The molecule has 0 bridgehead atoms. The number of benzene rings is 1. The van der Waals surface area contributed by atoms with E-state index in [4.69, 9.17) is 4.74 Å². The molecule has 0 saturated carbocycles. The van der Waals surface area contributed by atoms with Crippen molar-refractivity contribution in [2.75, 3.05) is 26.7 Å². The molecule has 0 fully saturated rings. The molecule has 3 N–H and O–H groups in total. The summed E-state index contributed by atoms with van der Waals surface area (Å²) in [7, 11) is 1.71. The summed E-state index contributed by atoms with van der Waals surface area (Å²) in [5, 5.41) is 9.28. The van der Waals surface area contributed by atoms with Gasteiger partial charge in [0.05, 0.1) is 12.0 Å². The van der Waals surface area contributed by atoms with Crippen LogP contribution in [0.4, 0.5) is 0 Å². The zero-order valence-electron chi connectivity index (χ0n) is 16.3. The van der Waals surface area contributed by atoms with Gasteiger partial charge in [0.25, 0.3) is 0 Å². The number of aryl methyl sites for hydroxylation is 1. The molecule has 1 aromatic carbocycles. The smallest absolute Gasteiger partial charge is 0.227 e. The third kappa shape index (κ3) is 7.45. The van der Waals surface area contributed by atoms with E-state index in [2.05, 4.69) is 20.9 Å². The Balaban J connectivity index is 2.44. The number of nitrogens with one attached hydrogen (secondary N) is 3. The van der Waals surface area contributed by atoms with E-state index in [1.165, 1.54) is 5.56 Å². The van der Waals surface area contributed by atoms with E-state index >= 15 is 0 Å². The van der Waals surface area contributed by atoms with Gasteiger partial charge in [0.15, 0.2) is 5.96 Å². The topological polar surface area (TPSA) is 74.8 Å². The molecule has 0 spiro atoms. The number of hydrogen-bond donors (Lipinski definition) is 3. The van der Waals surface area contributed by atoms with Crippen molar-refractivity contribution in [3.05, 3.63) is 29.8 Å². The van der Waals surface area contributed by atoms with Crippen molar-refractivity contribution >= 4 is 11.9 Å². The molecular formula is C19H32N4O2. The Morgan fingerprint density at radius 1 is 1.28 bits per heavy atom. The third-order valence-electron chi connectivity index (χ3n) is 3.76. The lowest BCUT2D eigenvalue weighted by molar-refractivity contribution is -0.128. The summed E-state index contributed by atoms with van der Waals surface area (Å²) in [4.78, 5) is 16.2. The van der Waals surface area contributed by atoms with Crippen molar-refractivity contribution in [3.8, 4) is 5.75 Å². The minimum atomic E-state index is -0.517. The summed E-state index contributed by atoms with van der Waals surface area (Å²) in [6, 6.07) is 7.98. The number of nitrogens with zero attached hydrogens (tertiary/aromatic N) is 1. The summed E-state index contributed by atoms with van der Waals surface area (Å²) in [6.07, 6.45) is -0.0169. The zero-order valence-corrected chi connectivity index (χ0v) is 16.3. The first kappa shape index (κ1) is 20.8. The molecule has 1 amide bonds. The number of aliphatic imine (C=N–C) groups is 1. The van der Waals surface area contributed by atoms with E-state index in [9.17, 15) is 4.79 Å². The quantitative estimate of drug-likeness (QED) is 0.497. The number of carbonyl (C=O) groups is 1. The average Bonchev–Trinajstić information content (AvgIpc) is 2.55. The molecule has 1 atom stereocenters. The van der Waals surface area contributed by atoms with Crippen LogP contribution in [0.1, 0.15) is 33.3 Å². The monoisotopic (exact) mass is 348 g/mol. The second-order valence-electron chi connectivity index (χ2n) is 6.79. The van der Waals surface area contributed by atoms with E-state index in [1.54, 1.807) is 7.05 Å². The number of carbonyl (C=O) groups excluding carboxylic acids is 1. The van der Waals surface area contributed by atoms with Crippen molar-refractivity contribution in [1.82, 2.24) is 16.0 Å². The van der Waals surface area contributed by atoms with Crippen LogP contribution in [-0.2, 0) is 4.79 Å². The molecule has 25 heavy (non-hydrogen) atoms. The second-order valence-corrected chi connectivity index (χ2v) is 6.79. The van der Waals surface area contributed by atoms with Crippen molar-refractivity contribution < 1.29 is 9.53 Å². The van der Waals surface area contributed by atoms with E-state index in [-0.39, 0.29) is 12.0 Å². The minimum absolute atomic E-state index is 0.0169. The summed E-state index contributed by atoms with van der Waals surface area (Å²) < 4.78 is 5.90. The molecule has 0 radical (unpaired) electrons. The Morgan fingerprint density at radius 2 is 2.00 bits per heavy atom. The maximum Gasteiger partial charge on any atom is 0.227 e. The van der Waals surface area contributed by atoms with Crippen molar-refractivity contribution in [1.29, 1.82) is 0 Å². The number of rotatable bonds is 8. The van der Waals surface area contributed by atoms with Gasteiger partial charge in [0, 0.05) is 20.1 Å². The number of amides is 1. The summed E-state index contributed by atoms with van der Waals surface area (Å²) in [5.41, 5.74) is 0.653. The van der Waals surface area contributed by atoms with Crippen molar-refractivity contribution in [2.24, 2.45) is 10.4 Å². The first-order chi connectivity index (χ1) is 11.8. The number of ether oxygens (including phenoxy) is 1. The molecule has 6 nitrogen and oxygen atoms in total. The predicted octanol–water partition coefficient (Wildman–Crippen LogP) is 2.09. The summed E-state index contributed by atoms with van der Waals surface area (Å²) in [5.74, 6) is 1.53. The van der Waals surface area contributed by atoms with Crippen LogP contribution in [0.15, 0.2) is 29.3 Å². The zero-order chi connectivity index (χ0) is 18.9. The summed E-state index contributed by atoms with van der Waals surface area (Å²) >= 11 is 0. The first-order valence-corrected chi connectivity index (χ1v) is 8.74. The fraction of sp³-hybridized carbons (Fsp3) is 0.579. The van der Waals surface area contributed by atoms with E-state index < -0.39 is 5.41 Å². The van der Waals surface area contributed by atoms with Crippen LogP contribution in [0.2, 0.25) is 0 Å². The summed E-state index contributed by atoms with van der Waals surface area (Å²) in [6.45, 7) is 11.5. The van der Waals surface area contributed by atoms with Crippen LogP contribution in [0.3, 0.4) is 0 Å². The van der Waals surface area contributed by atoms with Gasteiger partial charge < -0.3 is 20.7 Å². The predicted molar refractivity (Wildman–Crippen MR) is 103 cm³/mol. The van der Waals surface area contributed by atoms with Crippen LogP contribution in [-0.4, -0.2) is 44.7 Å². The van der Waals surface area contributed by atoms with Crippen LogP contribution >= 0.6 is 0 Å². The lowest BCUT2D eigenvalue weighted by Crippen LogP contribution is -2.49. The highest BCUT2D eigenvalue weighted by Crippen LogP contribution is 2.14. The molecule has 6 heteroatoms. The SMILES string of the molecule is CCNC(=O)C(C)(C)CNC(=NC)NCC(C)Oc1cccc(C)c1. The largest absolute Gasteiger partial charge is 0.489 e. The second kappa shape index (κ2) is 9.91. The van der Waals surface area contributed by atoms with Gasteiger partial charge in [-0.1, -0.05) is 12.1 Å². The molecule has 0 aliphatic carbocycles. The third-order valence-corrected chi connectivity index (χ3v) is 3.76. The minimum Gasteiger partial charge on any atom is -0.489 e. The fourth-order valence-electron chi connectivity index (χ4n) is 2.21. The van der Waals surface area contributed by atoms with Gasteiger partial charge in [-0.2, -0.15) is 0 Å². The maximum absolute atomic E-state index is 12.0. The molecule has 0 aliphatic rings. The molecule has 0 aromatic heterocycles. The lowest BCUT2D eigenvalue weighted by atomic mass is 9.92. The van der Waals surface area contributed by atoms with Crippen LogP contribution in [0, 0.1) is 12.3 Å². The Bertz CT molecular complexity index is 585. The van der Waals surface area contributed by atoms with E-state index in [1.807, 2.05) is 58.9 Å². The lowest BCUT2D eigenvalue weighted by Gasteiger charge is -2.25.